The Morgan fingerprint density at radius 2 is 1.52 bits per heavy atom. The molecule has 0 spiro atoms. The first kappa shape index (κ1) is 28.8. The SMILES string of the molecule is CCNC(=O)COC(NC(=O)[C@@H]1CCc2cnc(NCC(c3ccccc3)c3ccccc3)c(=O)n21)c1ccccc1. The zero-order chi connectivity index (χ0) is 29.3. The maximum Gasteiger partial charge on any atom is 0.294 e. The molecule has 1 aliphatic rings. The predicted octanol–water partition coefficient (Wildman–Crippen LogP) is 3.94. The van der Waals surface area contributed by atoms with Gasteiger partial charge in [-0.1, -0.05) is 91.0 Å². The Kier molecular flexibility index (Phi) is 9.41. The monoisotopic (exact) mass is 565 g/mol. The van der Waals surface area contributed by atoms with Crippen LogP contribution in [0.1, 0.15) is 53.9 Å². The topological polar surface area (TPSA) is 114 Å². The Morgan fingerprint density at radius 1 is 0.929 bits per heavy atom. The normalized spacial score (nSPS) is 14.7. The zero-order valence-corrected chi connectivity index (χ0v) is 23.5. The molecule has 0 fully saturated rings. The average Bonchev–Trinajstić information content (AvgIpc) is 3.47. The van der Waals surface area contributed by atoms with E-state index in [-0.39, 0.29) is 35.7 Å². The fourth-order valence-corrected chi connectivity index (χ4v) is 5.29. The number of ether oxygens (including phenoxy) is 1. The Balaban J connectivity index is 1.34. The first-order valence-electron chi connectivity index (χ1n) is 14.2. The number of carbonyl (C=O) groups is 2. The number of benzene rings is 3. The number of anilines is 1. The van der Waals surface area contributed by atoms with Crippen LogP contribution in [-0.2, 0) is 20.7 Å². The van der Waals surface area contributed by atoms with Crippen LogP contribution in [0, 0.1) is 0 Å². The minimum Gasteiger partial charge on any atom is -0.365 e. The summed E-state index contributed by atoms with van der Waals surface area (Å²) in [6.07, 6.45) is 1.82. The third kappa shape index (κ3) is 6.75. The first-order chi connectivity index (χ1) is 20.5. The maximum absolute atomic E-state index is 13.7. The van der Waals surface area contributed by atoms with Crippen molar-refractivity contribution in [2.45, 2.75) is 38.0 Å². The summed E-state index contributed by atoms with van der Waals surface area (Å²) in [6, 6.07) is 28.7. The lowest BCUT2D eigenvalue weighted by molar-refractivity contribution is -0.135. The number of aromatic nitrogens is 2. The van der Waals surface area contributed by atoms with Crippen LogP contribution in [0.4, 0.5) is 5.82 Å². The number of nitrogens with one attached hydrogen (secondary N) is 3. The first-order valence-corrected chi connectivity index (χ1v) is 14.2. The molecule has 1 aromatic heterocycles. The number of hydrogen-bond donors (Lipinski definition) is 3. The molecule has 9 nitrogen and oxygen atoms in total. The van der Waals surface area contributed by atoms with Gasteiger partial charge in [-0.15, -0.1) is 0 Å². The van der Waals surface area contributed by atoms with Crippen molar-refractivity contribution in [3.63, 3.8) is 0 Å². The number of fused-ring (bicyclic) bond motifs is 1. The quantitative estimate of drug-likeness (QED) is 0.224. The molecule has 0 bridgehead atoms. The van der Waals surface area contributed by atoms with Gasteiger partial charge in [0, 0.05) is 36.5 Å². The predicted molar refractivity (Wildman–Crippen MR) is 161 cm³/mol. The van der Waals surface area contributed by atoms with Gasteiger partial charge in [-0.2, -0.15) is 0 Å². The second-order valence-electron chi connectivity index (χ2n) is 10.1. The number of likely N-dealkylation sites (N-methyl/N-ethyl adjacent to an activating group) is 1. The molecule has 2 heterocycles. The fraction of sp³-hybridized carbons (Fsp3) is 0.273. The Hall–Kier alpha value is -4.76. The Bertz CT molecular complexity index is 1500. The summed E-state index contributed by atoms with van der Waals surface area (Å²) in [5, 5.41) is 8.87. The second kappa shape index (κ2) is 13.7. The van der Waals surface area contributed by atoms with E-state index in [1.54, 1.807) is 6.20 Å². The number of nitrogens with zero attached hydrogens (tertiary/aromatic N) is 2. The van der Waals surface area contributed by atoms with Crippen molar-refractivity contribution in [1.82, 2.24) is 20.2 Å². The highest BCUT2D eigenvalue weighted by Crippen LogP contribution is 2.27. The van der Waals surface area contributed by atoms with Crippen molar-refractivity contribution in [1.29, 1.82) is 0 Å². The molecule has 0 radical (unpaired) electrons. The van der Waals surface area contributed by atoms with Gasteiger partial charge in [0.2, 0.25) is 11.8 Å². The van der Waals surface area contributed by atoms with Crippen LogP contribution in [0.25, 0.3) is 0 Å². The summed E-state index contributed by atoms with van der Waals surface area (Å²) in [5.41, 5.74) is 3.30. The average molecular weight is 566 g/mol. The summed E-state index contributed by atoms with van der Waals surface area (Å²) in [6.45, 7) is 2.55. The minimum atomic E-state index is -0.849. The van der Waals surface area contributed by atoms with Crippen molar-refractivity contribution >= 4 is 17.6 Å². The maximum atomic E-state index is 13.7. The molecule has 1 unspecified atom stereocenters. The highest BCUT2D eigenvalue weighted by molar-refractivity contribution is 5.81. The lowest BCUT2D eigenvalue weighted by Crippen LogP contribution is -2.40. The molecule has 3 aromatic carbocycles. The second-order valence-corrected chi connectivity index (χ2v) is 10.1. The molecule has 3 N–H and O–H groups in total. The zero-order valence-electron chi connectivity index (χ0n) is 23.5. The van der Waals surface area contributed by atoms with Crippen LogP contribution in [0.3, 0.4) is 0 Å². The molecular weight excluding hydrogens is 530 g/mol. The standard InChI is InChI=1S/C33H35N5O4/c1-2-34-29(39)22-42-32(25-16-10-5-11-17-25)37-31(40)28-19-18-26-20-35-30(33(41)38(26)28)36-21-27(23-12-6-3-7-13-23)24-14-8-4-9-15-24/h3-17,20,27-28,32H,2,18-19,21-22H2,1H3,(H,34,39)(H,35,36)(H,37,40)/t28-,32?/m0/s1. The van der Waals surface area contributed by atoms with E-state index in [1.807, 2.05) is 73.7 Å². The lowest BCUT2D eigenvalue weighted by atomic mass is 9.91. The highest BCUT2D eigenvalue weighted by atomic mass is 16.5. The number of rotatable bonds is 12. The molecule has 0 saturated carbocycles. The molecule has 2 amide bonds. The van der Waals surface area contributed by atoms with Gasteiger partial charge in [-0.05, 0) is 30.9 Å². The van der Waals surface area contributed by atoms with E-state index in [0.29, 0.717) is 37.2 Å². The van der Waals surface area contributed by atoms with Crippen LogP contribution in [-0.4, -0.2) is 41.1 Å². The van der Waals surface area contributed by atoms with Gasteiger partial charge in [0.15, 0.2) is 12.0 Å². The van der Waals surface area contributed by atoms with Crippen LogP contribution >= 0.6 is 0 Å². The molecule has 216 valence electrons. The van der Waals surface area contributed by atoms with Crippen LogP contribution < -0.4 is 21.5 Å². The van der Waals surface area contributed by atoms with E-state index >= 15 is 0 Å². The molecule has 5 rings (SSSR count). The van der Waals surface area contributed by atoms with Crippen LogP contribution in [0.5, 0.6) is 0 Å². The van der Waals surface area contributed by atoms with Gasteiger partial charge < -0.3 is 20.7 Å². The van der Waals surface area contributed by atoms with E-state index in [1.165, 1.54) is 4.57 Å². The summed E-state index contributed by atoms with van der Waals surface area (Å²) in [7, 11) is 0. The summed E-state index contributed by atoms with van der Waals surface area (Å²) in [4.78, 5) is 43.7. The van der Waals surface area contributed by atoms with Gasteiger partial charge in [-0.25, -0.2) is 4.98 Å². The van der Waals surface area contributed by atoms with E-state index < -0.39 is 12.3 Å². The van der Waals surface area contributed by atoms with E-state index in [4.69, 9.17) is 4.74 Å². The van der Waals surface area contributed by atoms with Crippen LogP contribution in [0.15, 0.2) is 102 Å². The number of amides is 2. The fourth-order valence-electron chi connectivity index (χ4n) is 5.29. The highest BCUT2D eigenvalue weighted by Gasteiger charge is 2.32. The molecule has 4 aromatic rings. The molecule has 0 aliphatic carbocycles. The molecule has 9 heteroatoms. The number of aryl methyl sites for hydroxylation is 1. The molecular formula is C33H35N5O4. The van der Waals surface area contributed by atoms with E-state index in [2.05, 4.69) is 45.2 Å². The van der Waals surface area contributed by atoms with Gasteiger partial charge in [0.25, 0.3) is 5.56 Å². The smallest absolute Gasteiger partial charge is 0.294 e. The third-order valence-corrected chi connectivity index (χ3v) is 7.37. The largest absolute Gasteiger partial charge is 0.365 e. The van der Waals surface area contributed by atoms with Crippen LogP contribution in [0.2, 0.25) is 0 Å². The number of carbonyl (C=O) groups excluding carboxylic acids is 2. The summed E-state index contributed by atoms with van der Waals surface area (Å²) in [5.74, 6) is -0.438. The van der Waals surface area contributed by atoms with Crippen molar-refractivity contribution in [3.8, 4) is 0 Å². The molecule has 1 aliphatic heterocycles. The minimum absolute atomic E-state index is 0.000335. The lowest BCUT2D eigenvalue weighted by Gasteiger charge is -2.23. The van der Waals surface area contributed by atoms with Crippen molar-refractivity contribution in [3.05, 3.63) is 130 Å². The number of hydrogen-bond acceptors (Lipinski definition) is 6. The van der Waals surface area contributed by atoms with Crippen molar-refractivity contribution in [2.75, 3.05) is 25.0 Å². The molecule has 42 heavy (non-hydrogen) atoms. The van der Waals surface area contributed by atoms with Gasteiger partial charge in [0.1, 0.15) is 12.6 Å². The van der Waals surface area contributed by atoms with Gasteiger partial charge in [-0.3, -0.25) is 19.0 Å². The molecule has 2 atom stereocenters. The van der Waals surface area contributed by atoms with Gasteiger partial charge >= 0.3 is 0 Å². The van der Waals surface area contributed by atoms with Crippen molar-refractivity contribution < 1.29 is 14.3 Å². The Morgan fingerprint density at radius 3 is 2.12 bits per heavy atom. The van der Waals surface area contributed by atoms with Gasteiger partial charge in [0.05, 0.1) is 0 Å². The molecule has 0 saturated heterocycles. The Labute approximate surface area is 245 Å². The van der Waals surface area contributed by atoms with Crippen molar-refractivity contribution in [2.24, 2.45) is 0 Å². The summed E-state index contributed by atoms with van der Waals surface area (Å²) < 4.78 is 7.33. The third-order valence-electron chi connectivity index (χ3n) is 7.37. The summed E-state index contributed by atoms with van der Waals surface area (Å²) >= 11 is 0. The van der Waals surface area contributed by atoms with E-state index in [9.17, 15) is 14.4 Å². The van der Waals surface area contributed by atoms with E-state index in [0.717, 1.165) is 11.1 Å².